The lowest BCUT2D eigenvalue weighted by Crippen LogP contribution is -2.50. The molecule has 0 amide bonds. The first-order valence-corrected chi connectivity index (χ1v) is 7.01. The van der Waals surface area contributed by atoms with E-state index in [0.717, 1.165) is 19.6 Å². The molecule has 0 saturated carbocycles. The molecular formula is C14H22N4O2. The van der Waals surface area contributed by atoms with Crippen molar-refractivity contribution in [1.29, 1.82) is 0 Å². The van der Waals surface area contributed by atoms with E-state index in [0.29, 0.717) is 17.9 Å². The van der Waals surface area contributed by atoms with E-state index >= 15 is 0 Å². The number of hydrogen-bond acceptors (Lipinski definition) is 5. The SMILES string of the molecule is CCNc1cccc(N2CCN(C)CC2C)c1[N+](=O)[O-]. The highest BCUT2D eigenvalue weighted by Crippen LogP contribution is 2.36. The topological polar surface area (TPSA) is 61.6 Å². The Bertz CT molecular complexity index is 492. The van der Waals surface area contributed by atoms with E-state index in [1.165, 1.54) is 0 Å². The number of nitro groups is 1. The molecule has 1 aliphatic heterocycles. The molecule has 1 saturated heterocycles. The number of rotatable bonds is 4. The van der Waals surface area contributed by atoms with Gasteiger partial charge in [0.05, 0.1) is 4.92 Å². The minimum Gasteiger partial charge on any atom is -0.380 e. The van der Waals surface area contributed by atoms with Crippen molar-refractivity contribution in [2.24, 2.45) is 0 Å². The Hall–Kier alpha value is -1.82. The highest BCUT2D eigenvalue weighted by atomic mass is 16.6. The molecule has 110 valence electrons. The van der Waals surface area contributed by atoms with Gasteiger partial charge in [-0.2, -0.15) is 0 Å². The second-order valence-electron chi connectivity index (χ2n) is 5.27. The number of anilines is 2. The van der Waals surface area contributed by atoms with Crippen LogP contribution in [-0.4, -0.2) is 49.1 Å². The van der Waals surface area contributed by atoms with E-state index in [-0.39, 0.29) is 16.7 Å². The molecular weight excluding hydrogens is 256 g/mol. The summed E-state index contributed by atoms with van der Waals surface area (Å²) in [5.74, 6) is 0. The van der Waals surface area contributed by atoms with Crippen molar-refractivity contribution in [2.45, 2.75) is 19.9 Å². The Labute approximate surface area is 119 Å². The maximum absolute atomic E-state index is 11.5. The number of piperazine rings is 1. The molecule has 1 aliphatic rings. The lowest BCUT2D eigenvalue weighted by atomic mass is 10.1. The largest absolute Gasteiger partial charge is 0.380 e. The normalized spacial score (nSPS) is 19.9. The summed E-state index contributed by atoms with van der Waals surface area (Å²) >= 11 is 0. The lowest BCUT2D eigenvalue weighted by Gasteiger charge is -2.39. The zero-order valence-corrected chi connectivity index (χ0v) is 12.3. The highest BCUT2D eigenvalue weighted by molar-refractivity contribution is 5.77. The number of nitro benzene ring substituents is 1. The van der Waals surface area contributed by atoms with E-state index in [1.54, 1.807) is 6.07 Å². The van der Waals surface area contributed by atoms with E-state index in [1.807, 2.05) is 19.1 Å². The van der Waals surface area contributed by atoms with Crippen molar-refractivity contribution in [2.75, 3.05) is 43.4 Å². The maximum atomic E-state index is 11.5. The summed E-state index contributed by atoms with van der Waals surface area (Å²) in [5, 5.41) is 14.5. The molecule has 1 atom stereocenters. The molecule has 6 nitrogen and oxygen atoms in total. The van der Waals surface area contributed by atoms with Crippen LogP contribution in [0.25, 0.3) is 0 Å². The van der Waals surface area contributed by atoms with Gasteiger partial charge in [-0.3, -0.25) is 10.1 Å². The van der Waals surface area contributed by atoms with Crippen molar-refractivity contribution in [3.05, 3.63) is 28.3 Å². The number of hydrogen-bond donors (Lipinski definition) is 1. The molecule has 1 aromatic rings. The fourth-order valence-electron chi connectivity index (χ4n) is 2.79. The molecule has 1 heterocycles. The molecule has 0 bridgehead atoms. The minimum atomic E-state index is -0.279. The molecule has 0 spiro atoms. The second kappa shape index (κ2) is 6.09. The maximum Gasteiger partial charge on any atom is 0.315 e. The number of likely N-dealkylation sites (N-methyl/N-ethyl adjacent to an activating group) is 1. The van der Waals surface area contributed by atoms with Crippen molar-refractivity contribution < 1.29 is 4.92 Å². The van der Waals surface area contributed by atoms with Crippen molar-refractivity contribution in [3.63, 3.8) is 0 Å². The fraction of sp³-hybridized carbons (Fsp3) is 0.571. The first kappa shape index (κ1) is 14.6. The molecule has 0 radical (unpaired) electrons. The van der Waals surface area contributed by atoms with Crippen LogP contribution >= 0.6 is 0 Å². The summed E-state index contributed by atoms with van der Waals surface area (Å²) in [6.07, 6.45) is 0. The highest BCUT2D eigenvalue weighted by Gasteiger charge is 2.29. The summed E-state index contributed by atoms with van der Waals surface area (Å²) in [5.41, 5.74) is 1.50. The zero-order valence-electron chi connectivity index (χ0n) is 12.3. The van der Waals surface area contributed by atoms with Gasteiger partial charge in [0, 0.05) is 32.2 Å². The minimum absolute atomic E-state index is 0.186. The Morgan fingerprint density at radius 3 is 2.80 bits per heavy atom. The molecule has 0 aromatic heterocycles. The van der Waals surface area contributed by atoms with Crippen LogP contribution in [0.4, 0.5) is 17.1 Å². The third-order valence-electron chi connectivity index (χ3n) is 3.70. The van der Waals surface area contributed by atoms with Gasteiger partial charge in [0.1, 0.15) is 11.4 Å². The summed E-state index contributed by atoms with van der Waals surface area (Å²) in [7, 11) is 2.08. The predicted octanol–water partition coefficient (Wildman–Crippen LogP) is 2.17. The number of benzene rings is 1. The Morgan fingerprint density at radius 1 is 1.45 bits per heavy atom. The Morgan fingerprint density at radius 2 is 2.20 bits per heavy atom. The first-order valence-electron chi connectivity index (χ1n) is 7.01. The van der Waals surface area contributed by atoms with Crippen LogP contribution in [0.15, 0.2) is 18.2 Å². The van der Waals surface area contributed by atoms with E-state index in [4.69, 9.17) is 0 Å². The third kappa shape index (κ3) is 2.85. The van der Waals surface area contributed by atoms with Crippen molar-refractivity contribution in [1.82, 2.24) is 4.90 Å². The molecule has 20 heavy (non-hydrogen) atoms. The Kier molecular flexibility index (Phi) is 4.44. The van der Waals surface area contributed by atoms with Gasteiger partial charge in [-0.25, -0.2) is 0 Å². The average molecular weight is 278 g/mol. The van der Waals surface area contributed by atoms with E-state index in [9.17, 15) is 10.1 Å². The van der Waals surface area contributed by atoms with Gasteiger partial charge in [-0.15, -0.1) is 0 Å². The van der Waals surface area contributed by atoms with E-state index < -0.39 is 0 Å². The van der Waals surface area contributed by atoms with Crippen LogP contribution in [0, 0.1) is 10.1 Å². The van der Waals surface area contributed by atoms with Gasteiger partial charge < -0.3 is 15.1 Å². The molecule has 2 rings (SSSR count). The van der Waals surface area contributed by atoms with Crippen LogP contribution in [0.1, 0.15) is 13.8 Å². The molecule has 1 fully saturated rings. The monoisotopic (exact) mass is 278 g/mol. The molecule has 6 heteroatoms. The van der Waals surface area contributed by atoms with Crippen molar-refractivity contribution >= 4 is 17.1 Å². The van der Waals surface area contributed by atoms with Crippen LogP contribution in [0.2, 0.25) is 0 Å². The summed E-state index contributed by atoms with van der Waals surface area (Å²) in [6, 6.07) is 5.77. The standard InChI is InChI=1S/C14H22N4O2/c1-4-15-12-6-5-7-13(14(12)18(19)20)17-9-8-16(3)10-11(17)2/h5-7,11,15H,4,8-10H2,1-3H3. The molecule has 1 N–H and O–H groups in total. The van der Waals surface area contributed by atoms with Gasteiger partial charge in [0.25, 0.3) is 0 Å². The van der Waals surface area contributed by atoms with Crippen LogP contribution in [-0.2, 0) is 0 Å². The predicted molar refractivity (Wildman–Crippen MR) is 81.6 cm³/mol. The summed E-state index contributed by atoms with van der Waals surface area (Å²) in [6.45, 7) is 7.38. The molecule has 1 aromatic carbocycles. The number of nitrogens with zero attached hydrogens (tertiary/aromatic N) is 3. The number of nitrogens with one attached hydrogen (secondary N) is 1. The molecule has 0 aliphatic carbocycles. The van der Waals surface area contributed by atoms with Gasteiger partial charge in [0.15, 0.2) is 0 Å². The number of para-hydroxylation sites is 1. The Balaban J connectivity index is 2.40. The van der Waals surface area contributed by atoms with Gasteiger partial charge in [-0.1, -0.05) is 6.07 Å². The molecule has 1 unspecified atom stereocenters. The summed E-state index contributed by atoms with van der Waals surface area (Å²) < 4.78 is 0. The summed E-state index contributed by atoms with van der Waals surface area (Å²) in [4.78, 5) is 15.6. The van der Waals surface area contributed by atoms with E-state index in [2.05, 4.69) is 29.1 Å². The van der Waals surface area contributed by atoms with Gasteiger partial charge in [-0.05, 0) is 33.0 Å². The van der Waals surface area contributed by atoms with Crippen molar-refractivity contribution in [3.8, 4) is 0 Å². The van der Waals surface area contributed by atoms with Gasteiger partial charge in [0.2, 0.25) is 0 Å². The smallest absolute Gasteiger partial charge is 0.315 e. The first-order chi connectivity index (χ1) is 9.54. The van der Waals surface area contributed by atoms with Gasteiger partial charge >= 0.3 is 5.69 Å². The average Bonchev–Trinajstić information content (AvgIpc) is 2.38. The fourth-order valence-corrected chi connectivity index (χ4v) is 2.79. The van der Waals surface area contributed by atoms with Crippen LogP contribution in [0.3, 0.4) is 0 Å². The zero-order chi connectivity index (χ0) is 14.7. The van der Waals surface area contributed by atoms with Crippen LogP contribution < -0.4 is 10.2 Å². The quantitative estimate of drug-likeness (QED) is 0.675. The second-order valence-corrected chi connectivity index (χ2v) is 5.27. The third-order valence-corrected chi connectivity index (χ3v) is 3.70. The van der Waals surface area contributed by atoms with Crippen LogP contribution in [0.5, 0.6) is 0 Å². The lowest BCUT2D eigenvalue weighted by molar-refractivity contribution is -0.383.